The van der Waals surface area contributed by atoms with Crippen LogP contribution in [0.25, 0.3) is 10.9 Å². The van der Waals surface area contributed by atoms with Gasteiger partial charge in [-0.3, -0.25) is 0 Å². The summed E-state index contributed by atoms with van der Waals surface area (Å²) >= 11 is 0. The fourth-order valence-corrected chi connectivity index (χ4v) is 3.29. The summed E-state index contributed by atoms with van der Waals surface area (Å²) in [4.78, 5) is 9.10. The molecule has 2 heterocycles. The molecule has 1 fully saturated rings. The molecule has 0 radical (unpaired) electrons. The van der Waals surface area contributed by atoms with E-state index in [0.717, 1.165) is 12.5 Å². The molecule has 1 saturated heterocycles. The fraction of sp³-hybridized carbons (Fsp3) is 0.500. The standard InChI is InChI=1S/C16H17F4N3/c1-9-5-10(2)8-23(7-9)14-12-6-11(17)3-4-13(12)21-15(22-14)16(18,19)20/h3-4,6,9-10H,5,7-8H2,1-2H3. The number of alkyl halides is 3. The van der Waals surface area contributed by atoms with Crippen LogP contribution >= 0.6 is 0 Å². The van der Waals surface area contributed by atoms with E-state index >= 15 is 0 Å². The van der Waals surface area contributed by atoms with Gasteiger partial charge in [-0.05, 0) is 36.5 Å². The molecule has 2 atom stereocenters. The van der Waals surface area contributed by atoms with Crippen molar-refractivity contribution in [2.75, 3.05) is 18.0 Å². The maximum atomic E-state index is 13.6. The molecule has 23 heavy (non-hydrogen) atoms. The third-order valence-electron chi connectivity index (χ3n) is 4.06. The summed E-state index contributed by atoms with van der Waals surface area (Å²) in [7, 11) is 0. The second-order valence-corrected chi connectivity index (χ2v) is 6.38. The minimum Gasteiger partial charge on any atom is -0.355 e. The second-order valence-electron chi connectivity index (χ2n) is 6.38. The Balaban J connectivity index is 2.18. The quantitative estimate of drug-likeness (QED) is 0.733. The molecule has 2 aromatic rings. The molecule has 0 saturated carbocycles. The number of benzene rings is 1. The zero-order valence-electron chi connectivity index (χ0n) is 12.9. The third kappa shape index (κ3) is 3.23. The van der Waals surface area contributed by atoms with Gasteiger partial charge < -0.3 is 4.90 Å². The summed E-state index contributed by atoms with van der Waals surface area (Å²) in [6.07, 6.45) is -3.62. The normalized spacial score (nSPS) is 22.6. The van der Waals surface area contributed by atoms with Crippen LogP contribution in [-0.2, 0) is 6.18 Å². The highest BCUT2D eigenvalue weighted by atomic mass is 19.4. The average Bonchev–Trinajstić information content (AvgIpc) is 2.44. The van der Waals surface area contributed by atoms with Crippen LogP contribution in [0.1, 0.15) is 26.1 Å². The lowest BCUT2D eigenvalue weighted by Gasteiger charge is -2.36. The van der Waals surface area contributed by atoms with E-state index in [4.69, 9.17) is 0 Å². The molecule has 2 unspecified atom stereocenters. The monoisotopic (exact) mass is 327 g/mol. The lowest BCUT2D eigenvalue weighted by molar-refractivity contribution is -0.144. The Morgan fingerprint density at radius 2 is 1.74 bits per heavy atom. The minimum absolute atomic E-state index is 0.106. The van der Waals surface area contributed by atoms with E-state index in [9.17, 15) is 17.6 Å². The first-order valence-corrected chi connectivity index (χ1v) is 7.53. The van der Waals surface area contributed by atoms with E-state index < -0.39 is 17.8 Å². The van der Waals surface area contributed by atoms with Crippen LogP contribution in [0.4, 0.5) is 23.4 Å². The molecule has 0 bridgehead atoms. The first kappa shape index (κ1) is 16.0. The van der Waals surface area contributed by atoms with Crippen LogP contribution in [0.5, 0.6) is 0 Å². The summed E-state index contributed by atoms with van der Waals surface area (Å²) in [5.74, 6) is -0.851. The Kier molecular flexibility index (Phi) is 3.90. The van der Waals surface area contributed by atoms with Crippen LogP contribution < -0.4 is 4.90 Å². The maximum Gasteiger partial charge on any atom is 0.451 e. The molecular formula is C16H17F4N3. The van der Waals surface area contributed by atoms with E-state index in [1.165, 1.54) is 12.1 Å². The first-order valence-electron chi connectivity index (χ1n) is 7.53. The molecule has 0 N–H and O–H groups in total. The summed E-state index contributed by atoms with van der Waals surface area (Å²) < 4.78 is 52.8. The predicted molar refractivity (Wildman–Crippen MR) is 79.7 cm³/mol. The predicted octanol–water partition coefficient (Wildman–Crippen LogP) is 4.27. The Labute approximate surface area is 131 Å². The maximum absolute atomic E-state index is 13.6. The molecule has 3 nitrogen and oxygen atoms in total. The molecule has 0 aliphatic carbocycles. The molecule has 7 heteroatoms. The van der Waals surface area contributed by atoms with Crippen molar-refractivity contribution in [3.8, 4) is 0 Å². The SMILES string of the molecule is CC1CC(C)CN(c2nc(C(F)(F)F)nc3ccc(F)cc23)C1. The van der Waals surface area contributed by atoms with E-state index in [0.29, 0.717) is 30.3 Å². The van der Waals surface area contributed by atoms with E-state index in [2.05, 4.69) is 23.8 Å². The highest BCUT2D eigenvalue weighted by Crippen LogP contribution is 2.34. The van der Waals surface area contributed by atoms with E-state index in [-0.39, 0.29) is 11.3 Å². The van der Waals surface area contributed by atoms with Crippen LogP contribution in [0, 0.1) is 17.7 Å². The number of nitrogens with zero attached hydrogens (tertiary/aromatic N) is 3. The van der Waals surface area contributed by atoms with Gasteiger partial charge in [0.05, 0.1) is 5.52 Å². The number of fused-ring (bicyclic) bond motifs is 1. The van der Waals surface area contributed by atoms with Gasteiger partial charge in [-0.25, -0.2) is 14.4 Å². The zero-order valence-corrected chi connectivity index (χ0v) is 12.9. The van der Waals surface area contributed by atoms with Gasteiger partial charge in [0, 0.05) is 18.5 Å². The van der Waals surface area contributed by atoms with Gasteiger partial charge in [0.1, 0.15) is 11.6 Å². The van der Waals surface area contributed by atoms with Crippen LogP contribution in [0.15, 0.2) is 18.2 Å². The Bertz CT molecular complexity index is 719. The fourth-order valence-electron chi connectivity index (χ4n) is 3.29. The number of halogens is 4. The number of anilines is 1. The Morgan fingerprint density at radius 3 is 2.35 bits per heavy atom. The lowest BCUT2D eigenvalue weighted by Crippen LogP contribution is -2.39. The van der Waals surface area contributed by atoms with Crippen molar-refractivity contribution in [1.82, 2.24) is 9.97 Å². The van der Waals surface area contributed by atoms with Crippen molar-refractivity contribution in [2.24, 2.45) is 11.8 Å². The van der Waals surface area contributed by atoms with Gasteiger partial charge >= 0.3 is 6.18 Å². The molecular weight excluding hydrogens is 310 g/mol. The van der Waals surface area contributed by atoms with Crippen LogP contribution in [0.2, 0.25) is 0 Å². The second kappa shape index (κ2) is 5.62. The van der Waals surface area contributed by atoms with E-state index in [1.807, 2.05) is 4.90 Å². The molecule has 3 rings (SSSR count). The number of aromatic nitrogens is 2. The van der Waals surface area contributed by atoms with Crippen molar-refractivity contribution in [2.45, 2.75) is 26.4 Å². The largest absolute Gasteiger partial charge is 0.451 e. The summed E-state index contributed by atoms with van der Waals surface area (Å²) in [5, 5.41) is 0.319. The number of hydrogen-bond acceptors (Lipinski definition) is 3. The molecule has 0 spiro atoms. The van der Waals surface area contributed by atoms with Crippen molar-refractivity contribution < 1.29 is 17.6 Å². The van der Waals surface area contributed by atoms with Crippen molar-refractivity contribution >= 4 is 16.7 Å². The molecule has 1 aliphatic rings. The highest BCUT2D eigenvalue weighted by Gasteiger charge is 2.36. The third-order valence-corrected chi connectivity index (χ3v) is 4.06. The minimum atomic E-state index is -4.63. The molecule has 0 amide bonds. The number of rotatable bonds is 1. The molecule has 1 aromatic heterocycles. The van der Waals surface area contributed by atoms with E-state index in [1.54, 1.807) is 0 Å². The van der Waals surface area contributed by atoms with Gasteiger partial charge in [-0.15, -0.1) is 0 Å². The Hall–Kier alpha value is -1.92. The van der Waals surface area contributed by atoms with Gasteiger partial charge in [-0.2, -0.15) is 13.2 Å². The molecule has 1 aromatic carbocycles. The molecule has 1 aliphatic heterocycles. The number of piperidine rings is 1. The van der Waals surface area contributed by atoms with Gasteiger partial charge in [0.2, 0.25) is 5.82 Å². The zero-order chi connectivity index (χ0) is 16.8. The topological polar surface area (TPSA) is 29.0 Å². The number of hydrogen-bond donors (Lipinski definition) is 0. The summed E-state index contributed by atoms with van der Waals surface area (Å²) in [5.41, 5.74) is 0.106. The summed E-state index contributed by atoms with van der Waals surface area (Å²) in [6, 6.07) is 3.58. The van der Waals surface area contributed by atoms with Gasteiger partial charge in [-0.1, -0.05) is 13.8 Å². The Morgan fingerprint density at radius 1 is 1.09 bits per heavy atom. The van der Waals surface area contributed by atoms with Crippen molar-refractivity contribution in [3.05, 3.63) is 29.8 Å². The first-order chi connectivity index (χ1) is 10.7. The highest BCUT2D eigenvalue weighted by molar-refractivity contribution is 5.89. The van der Waals surface area contributed by atoms with Crippen LogP contribution in [-0.4, -0.2) is 23.1 Å². The van der Waals surface area contributed by atoms with Gasteiger partial charge in [0.15, 0.2) is 0 Å². The van der Waals surface area contributed by atoms with Gasteiger partial charge in [0.25, 0.3) is 0 Å². The molecule has 124 valence electrons. The van der Waals surface area contributed by atoms with Crippen LogP contribution in [0.3, 0.4) is 0 Å². The smallest absolute Gasteiger partial charge is 0.355 e. The average molecular weight is 327 g/mol. The van der Waals surface area contributed by atoms with Crippen molar-refractivity contribution in [3.63, 3.8) is 0 Å². The lowest BCUT2D eigenvalue weighted by atomic mass is 9.92. The summed E-state index contributed by atoms with van der Waals surface area (Å²) in [6.45, 7) is 5.31. The van der Waals surface area contributed by atoms with Crippen molar-refractivity contribution in [1.29, 1.82) is 0 Å².